The van der Waals surface area contributed by atoms with Gasteiger partial charge in [-0.1, -0.05) is 30.3 Å². The van der Waals surface area contributed by atoms with Crippen molar-refractivity contribution in [2.24, 2.45) is 5.73 Å². The van der Waals surface area contributed by atoms with Crippen molar-refractivity contribution < 1.29 is 23.9 Å². The van der Waals surface area contributed by atoms with E-state index in [1.807, 2.05) is 30.3 Å². The third kappa shape index (κ3) is 4.55. The zero-order valence-corrected chi connectivity index (χ0v) is 13.6. The summed E-state index contributed by atoms with van der Waals surface area (Å²) in [7, 11) is 1.28. The fourth-order valence-corrected chi connectivity index (χ4v) is 2.69. The van der Waals surface area contributed by atoms with Crippen LogP contribution in [-0.4, -0.2) is 48.5 Å². The molecule has 1 unspecified atom stereocenters. The molecule has 0 saturated carbocycles. The van der Waals surface area contributed by atoms with Crippen LogP contribution in [0.15, 0.2) is 30.3 Å². The molecule has 0 radical (unpaired) electrons. The maximum atomic E-state index is 12.4. The van der Waals surface area contributed by atoms with Gasteiger partial charge in [0.2, 0.25) is 5.91 Å². The van der Waals surface area contributed by atoms with Gasteiger partial charge < -0.3 is 20.1 Å². The van der Waals surface area contributed by atoms with E-state index in [1.54, 1.807) is 0 Å². The molecule has 0 bridgehead atoms. The Bertz CT molecular complexity index is 590. The van der Waals surface area contributed by atoms with Crippen molar-refractivity contribution in [1.82, 2.24) is 4.90 Å². The van der Waals surface area contributed by atoms with Crippen LogP contribution in [0.25, 0.3) is 0 Å². The number of nitrogens with zero attached hydrogens (tertiary/aromatic N) is 1. The maximum absolute atomic E-state index is 12.4. The van der Waals surface area contributed by atoms with E-state index in [1.165, 1.54) is 12.0 Å². The highest BCUT2D eigenvalue weighted by molar-refractivity contribution is 5.90. The predicted molar refractivity (Wildman–Crippen MR) is 85.6 cm³/mol. The Balaban J connectivity index is 1.84. The van der Waals surface area contributed by atoms with E-state index in [-0.39, 0.29) is 13.0 Å². The zero-order chi connectivity index (χ0) is 17.5. The molecule has 1 aliphatic heterocycles. The Kier molecular flexibility index (Phi) is 6.31. The first-order valence-electron chi connectivity index (χ1n) is 7.86. The Labute approximate surface area is 140 Å². The molecule has 7 heteroatoms. The third-order valence-corrected chi connectivity index (χ3v) is 3.96. The maximum Gasteiger partial charge on any atom is 0.328 e. The predicted octanol–water partition coefficient (Wildman–Crippen LogP) is 0.611. The monoisotopic (exact) mass is 334 g/mol. The number of rotatable bonds is 6. The average Bonchev–Trinajstić information content (AvgIpc) is 3.09. The molecule has 2 N–H and O–H groups in total. The minimum atomic E-state index is -1.03. The smallest absolute Gasteiger partial charge is 0.328 e. The molecule has 1 saturated heterocycles. The summed E-state index contributed by atoms with van der Waals surface area (Å²) in [6.45, 7) is 0.570. The molecule has 1 aromatic carbocycles. The molecule has 1 aromatic rings. The number of hydrogen-bond acceptors (Lipinski definition) is 6. The van der Waals surface area contributed by atoms with E-state index < -0.39 is 29.9 Å². The van der Waals surface area contributed by atoms with Crippen LogP contribution in [0.5, 0.6) is 0 Å². The zero-order valence-electron chi connectivity index (χ0n) is 13.6. The number of likely N-dealkylation sites (tertiary alicyclic amines) is 1. The van der Waals surface area contributed by atoms with Gasteiger partial charge in [0.15, 0.2) is 0 Å². The number of benzene rings is 1. The number of esters is 2. The van der Waals surface area contributed by atoms with Gasteiger partial charge in [-0.05, 0) is 18.4 Å². The molecule has 2 atom stereocenters. The van der Waals surface area contributed by atoms with Crippen molar-refractivity contribution in [2.45, 2.75) is 38.0 Å². The fourth-order valence-electron chi connectivity index (χ4n) is 2.69. The van der Waals surface area contributed by atoms with Gasteiger partial charge in [0.1, 0.15) is 12.6 Å². The van der Waals surface area contributed by atoms with Crippen LogP contribution in [-0.2, 0) is 30.5 Å². The van der Waals surface area contributed by atoms with E-state index in [0.717, 1.165) is 5.56 Å². The molecule has 1 heterocycles. The molecular weight excluding hydrogens is 312 g/mol. The summed E-state index contributed by atoms with van der Waals surface area (Å²) in [6, 6.07) is 7.59. The molecule has 24 heavy (non-hydrogen) atoms. The standard InChI is InChI=1S/C17H22N2O5/c1-23-17(22)14-8-5-9-19(14)16(21)13(18)10-15(20)24-11-12-6-3-2-4-7-12/h2-4,6-7,13-14H,5,8-11,18H2,1H3/t13?,14-/m0/s1. The van der Waals surface area contributed by atoms with Crippen LogP contribution >= 0.6 is 0 Å². The van der Waals surface area contributed by atoms with E-state index in [9.17, 15) is 14.4 Å². The number of hydrogen-bond donors (Lipinski definition) is 1. The van der Waals surface area contributed by atoms with Gasteiger partial charge in [-0.2, -0.15) is 0 Å². The molecule has 7 nitrogen and oxygen atoms in total. The molecule has 1 aliphatic rings. The quantitative estimate of drug-likeness (QED) is 0.765. The summed E-state index contributed by atoms with van der Waals surface area (Å²) in [6.07, 6.45) is 1.02. The van der Waals surface area contributed by atoms with Crippen molar-refractivity contribution in [1.29, 1.82) is 0 Å². The fraction of sp³-hybridized carbons (Fsp3) is 0.471. The molecular formula is C17H22N2O5. The minimum absolute atomic E-state index is 0.134. The lowest BCUT2D eigenvalue weighted by atomic mass is 10.1. The van der Waals surface area contributed by atoms with Crippen LogP contribution in [0.2, 0.25) is 0 Å². The number of amides is 1. The molecule has 0 spiro atoms. The molecule has 0 aromatic heterocycles. The topological polar surface area (TPSA) is 98.9 Å². The Morgan fingerprint density at radius 3 is 2.67 bits per heavy atom. The van der Waals surface area contributed by atoms with E-state index >= 15 is 0 Å². The van der Waals surface area contributed by atoms with Crippen molar-refractivity contribution in [2.75, 3.05) is 13.7 Å². The van der Waals surface area contributed by atoms with Gasteiger partial charge in [-0.3, -0.25) is 9.59 Å². The second-order valence-electron chi connectivity index (χ2n) is 5.67. The average molecular weight is 334 g/mol. The van der Waals surface area contributed by atoms with Crippen molar-refractivity contribution in [3.8, 4) is 0 Å². The lowest BCUT2D eigenvalue weighted by Crippen LogP contribution is -2.49. The van der Waals surface area contributed by atoms with Crippen molar-refractivity contribution in [3.63, 3.8) is 0 Å². The Hall–Kier alpha value is -2.41. The van der Waals surface area contributed by atoms with Gasteiger partial charge in [0, 0.05) is 6.54 Å². The first-order valence-corrected chi connectivity index (χ1v) is 7.86. The Morgan fingerprint density at radius 1 is 1.29 bits per heavy atom. The van der Waals surface area contributed by atoms with Crippen LogP contribution in [0.4, 0.5) is 0 Å². The number of methoxy groups -OCH3 is 1. The van der Waals surface area contributed by atoms with Crippen molar-refractivity contribution >= 4 is 17.8 Å². The van der Waals surface area contributed by atoms with Crippen molar-refractivity contribution in [3.05, 3.63) is 35.9 Å². The summed E-state index contributed by atoms with van der Waals surface area (Å²) in [5.41, 5.74) is 6.68. The van der Waals surface area contributed by atoms with Gasteiger partial charge >= 0.3 is 11.9 Å². The summed E-state index contributed by atoms with van der Waals surface area (Å²) < 4.78 is 9.82. The highest BCUT2D eigenvalue weighted by Crippen LogP contribution is 2.19. The number of nitrogens with two attached hydrogens (primary N) is 1. The van der Waals surface area contributed by atoms with Gasteiger partial charge in [0.05, 0.1) is 19.6 Å². The first-order chi connectivity index (χ1) is 11.5. The minimum Gasteiger partial charge on any atom is -0.467 e. The normalized spacial score (nSPS) is 18.1. The highest BCUT2D eigenvalue weighted by Gasteiger charge is 2.37. The van der Waals surface area contributed by atoms with Crippen LogP contribution in [0, 0.1) is 0 Å². The Morgan fingerprint density at radius 2 is 2.00 bits per heavy atom. The summed E-state index contributed by atoms with van der Waals surface area (Å²) in [5, 5.41) is 0. The summed E-state index contributed by atoms with van der Waals surface area (Å²) >= 11 is 0. The molecule has 130 valence electrons. The number of carbonyl (C=O) groups is 3. The number of ether oxygens (including phenoxy) is 2. The van der Waals surface area contributed by atoms with Gasteiger partial charge in [-0.15, -0.1) is 0 Å². The SMILES string of the molecule is COC(=O)[C@@H]1CCCN1C(=O)C(N)CC(=O)OCc1ccccc1. The molecule has 2 rings (SSSR count). The van der Waals surface area contributed by atoms with Crippen LogP contribution < -0.4 is 5.73 Å². The second kappa shape index (κ2) is 8.44. The summed E-state index contributed by atoms with van der Waals surface area (Å²) in [5.74, 6) is -1.44. The molecule has 1 amide bonds. The van der Waals surface area contributed by atoms with Gasteiger partial charge in [0.25, 0.3) is 0 Å². The first kappa shape index (κ1) is 17.9. The summed E-state index contributed by atoms with van der Waals surface area (Å²) in [4.78, 5) is 37.3. The second-order valence-corrected chi connectivity index (χ2v) is 5.67. The van der Waals surface area contributed by atoms with Crippen LogP contribution in [0.1, 0.15) is 24.8 Å². The molecule has 0 aliphatic carbocycles. The van der Waals surface area contributed by atoms with E-state index in [4.69, 9.17) is 15.2 Å². The lowest BCUT2D eigenvalue weighted by molar-refractivity contribution is -0.152. The van der Waals surface area contributed by atoms with Gasteiger partial charge in [-0.25, -0.2) is 4.79 Å². The number of carbonyl (C=O) groups excluding carboxylic acids is 3. The van der Waals surface area contributed by atoms with E-state index in [2.05, 4.69) is 0 Å². The largest absolute Gasteiger partial charge is 0.467 e. The third-order valence-electron chi connectivity index (χ3n) is 3.96. The highest BCUT2D eigenvalue weighted by atomic mass is 16.5. The molecule has 1 fully saturated rings. The lowest BCUT2D eigenvalue weighted by Gasteiger charge is -2.25. The van der Waals surface area contributed by atoms with E-state index in [0.29, 0.717) is 19.4 Å². The van der Waals surface area contributed by atoms with Crippen LogP contribution in [0.3, 0.4) is 0 Å².